The molecule has 0 amide bonds. The lowest BCUT2D eigenvalue weighted by Crippen LogP contribution is -2.40. The summed E-state index contributed by atoms with van der Waals surface area (Å²) in [7, 11) is 2.90. The summed E-state index contributed by atoms with van der Waals surface area (Å²) in [6.07, 6.45) is 3.10. The summed E-state index contributed by atoms with van der Waals surface area (Å²) >= 11 is 0. The standard InChI is InChI=1S/C13H18N4O3/c1-16-11(15-6-5-9-4-3-7-20-9)10(8-14)12(18)17(2)13(16)19/h9,15H,3-7H2,1-2H3/t9-/m0/s1. The van der Waals surface area contributed by atoms with Crippen LogP contribution in [0.15, 0.2) is 9.59 Å². The van der Waals surface area contributed by atoms with Crippen LogP contribution < -0.4 is 16.6 Å². The Morgan fingerprint density at radius 3 is 2.75 bits per heavy atom. The molecule has 1 aliphatic heterocycles. The molecule has 0 aliphatic carbocycles. The van der Waals surface area contributed by atoms with E-state index in [-0.39, 0.29) is 17.5 Å². The molecule has 0 unspecified atom stereocenters. The zero-order valence-corrected chi connectivity index (χ0v) is 11.7. The summed E-state index contributed by atoms with van der Waals surface area (Å²) in [5.41, 5.74) is -1.06. The maximum Gasteiger partial charge on any atom is 0.332 e. The number of rotatable bonds is 4. The van der Waals surface area contributed by atoms with Crippen LogP contribution in [0.5, 0.6) is 0 Å². The minimum absolute atomic E-state index is 0.0399. The van der Waals surface area contributed by atoms with E-state index in [1.807, 2.05) is 6.07 Å². The number of nitriles is 1. The van der Waals surface area contributed by atoms with E-state index in [1.165, 1.54) is 18.7 Å². The summed E-state index contributed by atoms with van der Waals surface area (Å²) in [4.78, 5) is 23.7. The van der Waals surface area contributed by atoms with Crippen LogP contribution in [0.2, 0.25) is 0 Å². The Morgan fingerprint density at radius 2 is 2.15 bits per heavy atom. The van der Waals surface area contributed by atoms with E-state index in [2.05, 4.69) is 5.32 Å². The third-order valence-corrected chi connectivity index (χ3v) is 3.56. The number of anilines is 1. The van der Waals surface area contributed by atoms with Crippen molar-refractivity contribution in [1.82, 2.24) is 9.13 Å². The molecule has 1 aliphatic rings. The van der Waals surface area contributed by atoms with Crippen LogP contribution in [0, 0.1) is 11.3 Å². The Kier molecular flexibility index (Phi) is 4.25. The molecular weight excluding hydrogens is 260 g/mol. The third kappa shape index (κ3) is 2.60. The molecular formula is C13H18N4O3. The SMILES string of the molecule is Cn1c(NCC[C@@H]2CCCO2)c(C#N)c(=O)n(C)c1=O. The predicted octanol–water partition coefficient (Wildman–Crippen LogP) is -0.0633. The number of hydrogen-bond donors (Lipinski definition) is 1. The molecule has 1 saturated heterocycles. The van der Waals surface area contributed by atoms with Crippen LogP contribution in [-0.2, 0) is 18.8 Å². The van der Waals surface area contributed by atoms with Gasteiger partial charge in [-0.15, -0.1) is 0 Å². The van der Waals surface area contributed by atoms with Gasteiger partial charge in [-0.05, 0) is 19.3 Å². The van der Waals surface area contributed by atoms with Gasteiger partial charge < -0.3 is 10.1 Å². The van der Waals surface area contributed by atoms with Crippen molar-refractivity contribution in [2.75, 3.05) is 18.5 Å². The molecule has 0 saturated carbocycles. The van der Waals surface area contributed by atoms with E-state index in [9.17, 15) is 9.59 Å². The second kappa shape index (κ2) is 5.92. The highest BCUT2D eigenvalue weighted by Gasteiger charge is 2.17. The lowest BCUT2D eigenvalue weighted by atomic mass is 10.2. The first-order valence-electron chi connectivity index (χ1n) is 6.62. The van der Waals surface area contributed by atoms with Gasteiger partial charge in [0.25, 0.3) is 5.56 Å². The fourth-order valence-electron chi connectivity index (χ4n) is 2.38. The van der Waals surface area contributed by atoms with E-state index in [1.54, 1.807) is 0 Å². The molecule has 7 heteroatoms. The summed E-state index contributed by atoms with van der Waals surface area (Å²) in [6.45, 7) is 1.35. The van der Waals surface area contributed by atoms with E-state index < -0.39 is 11.2 Å². The van der Waals surface area contributed by atoms with Crippen molar-refractivity contribution < 1.29 is 4.74 Å². The Balaban J connectivity index is 2.20. The molecule has 0 radical (unpaired) electrons. The number of nitrogens with one attached hydrogen (secondary N) is 1. The first-order valence-corrected chi connectivity index (χ1v) is 6.62. The minimum atomic E-state index is -0.574. The highest BCUT2D eigenvalue weighted by molar-refractivity contribution is 5.51. The highest BCUT2D eigenvalue weighted by Crippen LogP contribution is 2.15. The Bertz CT molecular complexity index is 647. The quantitative estimate of drug-likeness (QED) is 0.833. The van der Waals surface area contributed by atoms with Crippen LogP contribution >= 0.6 is 0 Å². The second-order valence-corrected chi connectivity index (χ2v) is 4.89. The molecule has 2 rings (SSSR count). The molecule has 20 heavy (non-hydrogen) atoms. The summed E-state index contributed by atoms with van der Waals surface area (Å²) < 4.78 is 7.73. The predicted molar refractivity (Wildman–Crippen MR) is 73.7 cm³/mol. The molecule has 0 spiro atoms. The molecule has 0 bridgehead atoms. The maximum atomic E-state index is 11.9. The smallest absolute Gasteiger partial charge is 0.332 e. The largest absolute Gasteiger partial charge is 0.378 e. The van der Waals surface area contributed by atoms with Crippen LogP contribution in [0.3, 0.4) is 0 Å². The Morgan fingerprint density at radius 1 is 1.40 bits per heavy atom. The number of nitrogens with zero attached hydrogens (tertiary/aromatic N) is 3. The first-order chi connectivity index (χ1) is 9.56. The van der Waals surface area contributed by atoms with Crippen LogP contribution in [-0.4, -0.2) is 28.4 Å². The highest BCUT2D eigenvalue weighted by atomic mass is 16.5. The van der Waals surface area contributed by atoms with Gasteiger partial charge in [-0.25, -0.2) is 4.79 Å². The van der Waals surface area contributed by atoms with Crippen LogP contribution in [0.25, 0.3) is 0 Å². The van der Waals surface area contributed by atoms with Gasteiger partial charge >= 0.3 is 5.69 Å². The fourth-order valence-corrected chi connectivity index (χ4v) is 2.38. The van der Waals surface area contributed by atoms with Gasteiger partial charge in [0, 0.05) is 27.2 Å². The van der Waals surface area contributed by atoms with E-state index in [4.69, 9.17) is 10.00 Å². The van der Waals surface area contributed by atoms with Crippen LogP contribution in [0.1, 0.15) is 24.8 Å². The molecule has 108 valence electrons. The van der Waals surface area contributed by atoms with Gasteiger partial charge in [0.05, 0.1) is 6.10 Å². The molecule has 1 atom stereocenters. The Labute approximate surface area is 116 Å². The van der Waals surface area contributed by atoms with E-state index in [0.29, 0.717) is 6.54 Å². The van der Waals surface area contributed by atoms with E-state index >= 15 is 0 Å². The summed E-state index contributed by atoms with van der Waals surface area (Å²) in [5, 5.41) is 12.1. The molecule has 0 aromatic carbocycles. The minimum Gasteiger partial charge on any atom is -0.378 e. The van der Waals surface area contributed by atoms with E-state index in [0.717, 1.165) is 30.4 Å². The van der Waals surface area contributed by atoms with Gasteiger partial charge in [0.2, 0.25) is 0 Å². The molecule has 1 aromatic heterocycles. The van der Waals surface area contributed by atoms with Gasteiger partial charge in [-0.2, -0.15) is 5.26 Å². The monoisotopic (exact) mass is 278 g/mol. The molecule has 1 N–H and O–H groups in total. The van der Waals surface area contributed by atoms with Crippen LogP contribution in [0.4, 0.5) is 5.82 Å². The normalized spacial score (nSPS) is 17.9. The lowest BCUT2D eigenvalue weighted by molar-refractivity contribution is 0.107. The van der Waals surface area contributed by atoms with Crippen molar-refractivity contribution in [2.45, 2.75) is 25.4 Å². The zero-order valence-electron chi connectivity index (χ0n) is 11.7. The summed E-state index contributed by atoms with van der Waals surface area (Å²) in [5.74, 6) is 0.276. The molecule has 1 aromatic rings. The fraction of sp³-hybridized carbons (Fsp3) is 0.615. The van der Waals surface area contributed by atoms with Crippen molar-refractivity contribution in [3.63, 3.8) is 0 Å². The second-order valence-electron chi connectivity index (χ2n) is 4.89. The van der Waals surface area contributed by atoms with Crippen molar-refractivity contribution in [2.24, 2.45) is 14.1 Å². The number of hydrogen-bond acceptors (Lipinski definition) is 5. The average molecular weight is 278 g/mol. The van der Waals surface area contributed by atoms with Gasteiger partial charge in [-0.1, -0.05) is 0 Å². The van der Waals surface area contributed by atoms with Crippen molar-refractivity contribution in [3.8, 4) is 6.07 Å². The summed E-state index contributed by atoms with van der Waals surface area (Å²) in [6, 6.07) is 1.86. The maximum absolute atomic E-state index is 11.9. The molecule has 2 heterocycles. The van der Waals surface area contributed by atoms with Gasteiger partial charge in [0.1, 0.15) is 11.9 Å². The van der Waals surface area contributed by atoms with Crippen molar-refractivity contribution >= 4 is 5.82 Å². The lowest BCUT2D eigenvalue weighted by Gasteiger charge is -2.15. The van der Waals surface area contributed by atoms with Crippen molar-refractivity contribution in [1.29, 1.82) is 5.26 Å². The third-order valence-electron chi connectivity index (χ3n) is 3.56. The topological polar surface area (TPSA) is 89.1 Å². The molecule has 1 fully saturated rings. The van der Waals surface area contributed by atoms with Gasteiger partial charge in [-0.3, -0.25) is 13.9 Å². The molecule has 7 nitrogen and oxygen atoms in total. The first kappa shape index (κ1) is 14.3. The van der Waals surface area contributed by atoms with Crippen molar-refractivity contribution in [3.05, 3.63) is 26.4 Å². The Hall–Kier alpha value is -2.07. The number of ether oxygens (including phenoxy) is 1. The number of aromatic nitrogens is 2. The van der Waals surface area contributed by atoms with Gasteiger partial charge in [0.15, 0.2) is 5.56 Å². The average Bonchev–Trinajstić information content (AvgIpc) is 2.95. The zero-order chi connectivity index (χ0) is 14.7.